The quantitative estimate of drug-likeness (QED) is 0.517. The largest absolute Gasteiger partial charge is 0.465 e. The van der Waals surface area contributed by atoms with Crippen LogP contribution in [0.15, 0.2) is 0 Å². The molecule has 3 atom stereocenters. The zero-order valence-corrected chi connectivity index (χ0v) is 7.58. The molecule has 2 fully saturated rings. The summed E-state index contributed by atoms with van der Waals surface area (Å²) in [6, 6.07) is 0. The number of cyclic esters (lactones) is 1. The normalized spacial score (nSPS) is 41.8. The van der Waals surface area contributed by atoms with E-state index in [2.05, 4.69) is 0 Å². The van der Waals surface area contributed by atoms with Crippen molar-refractivity contribution in [2.24, 2.45) is 17.8 Å². The molecule has 1 aliphatic carbocycles. The van der Waals surface area contributed by atoms with Crippen LogP contribution < -0.4 is 0 Å². The van der Waals surface area contributed by atoms with Crippen molar-refractivity contribution in [1.82, 2.24) is 0 Å². The summed E-state index contributed by atoms with van der Waals surface area (Å²) in [6.45, 7) is 2.67. The Kier molecular flexibility index (Phi) is 2.07. The second-order valence-corrected chi connectivity index (χ2v) is 4.18. The van der Waals surface area contributed by atoms with Crippen molar-refractivity contribution < 1.29 is 9.53 Å². The zero-order valence-electron chi connectivity index (χ0n) is 7.58. The highest BCUT2D eigenvalue weighted by molar-refractivity contribution is 5.72. The maximum Gasteiger partial charge on any atom is 0.308 e. The Morgan fingerprint density at radius 2 is 2.17 bits per heavy atom. The molecule has 0 spiro atoms. The minimum Gasteiger partial charge on any atom is -0.465 e. The van der Waals surface area contributed by atoms with Crippen LogP contribution in [0.3, 0.4) is 0 Å². The number of fused-ring (bicyclic) bond motifs is 2. The highest BCUT2D eigenvalue weighted by atomic mass is 16.5. The number of esters is 1. The van der Waals surface area contributed by atoms with Crippen molar-refractivity contribution in [3.63, 3.8) is 0 Å². The van der Waals surface area contributed by atoms with E-state index in [1.165, 1.54) is 19.3 Å². The van der Waals surface area contributed by atoms with Gasteiger partial charge in [-0.3, -0.25) is 4.79 Å². The molecule has 68 valence electrons. The Bertz CT molecular complexity index is 188. The summed E-state index contributed by atoms with van der Waals surface area (Å²) in [6.07, 6.45) is 4.90. The SMILES string of the molecule is CC1C(=O)OCC[C@H]2CCC1C2. The van der Waals surface area contributed by atoms with Crippen LogP contribution in [0.4, 0.5) is 0 Å². The molecule has 0 amide bonds. The van der Waals surface area contributed by atoms with Crippen LogP contribution in [0.1, 0.15) is 32.6 Å². The Hall–Kier alpha value is -0.530. The molecule has 2 rings (SSSR count). The Balaban J connectivity index is 2.08. The number of ether oxygens (including phenoxy) is 1. The predicted molar refractivity (Wildman–Crippen MR) is 45.6 cm³/mol. The summed E-state index contributed by atoms with van der Waals surface area (Å²) in [7, 11) is 0. The van der Waals surface area contributed by atoms with Crippen LogP contribution in [-0.2, 0) is 9.53 Å². The molecule has 1 saturated carbocycles. The molecule has 1 saturated heterocycles. The number of rotatable bonds is 0. The molecular formula is C10H16O2. The number of hydrogen-bond donors (Lipinski definition) is 0. The van der Waals surface area contributed by atoms with Crippen LogP contribution in [0.5, 0.6) is 0 Å². The van der Waals surface area contributed by atoms with Gasteiger partial charge in [-0.05, 0) is 31.1 Å². The first-order valence-electron chi connectivity index (χ1n) is 4.94. The second kappa shape index (κ2) is 3.08. The fourth-order valence-electron chi connectivity index (χ4n) is 2.48. The van der Waals surface area contributed by atoms with Gasteiger partial charge in [0, 0.05) is 0 Å². The fraction of sp³-hybridized carbons (Fsp3) is 0.900. The van der Waals surface area contributed by atoms with Gasteiger partial charge in [0.2, 0.25) is 0 Å². The van der Waals surface area contributed by atoms with Gasteiger partial charge in [0.15, 0.2) is 0 Å². The van der Waals surface area contributed by atoms with Crippen LogP contribution in [-0.4, -0.2) is 12.6 Å². The van der Waals surface area contributed by atoms with E-state index in [1.54, 1.807) is 0 Å². The number of hydrogen-bond acceptors (Lipinski definition) is 2. The van der Waals surface area contributed by atoms with Crippen molar-refractivity contribution in [1.29, 1.82) is 0 Å². The van der Waals surface area contributed by atoms with Crippen molar-refractivity contribution in [2.75, 3.05) is 6.61 Å². The minimum absolute atomic E-state index is 0.0281. The van der Waals surface area contributed by atoms with Crippen molar-refractivity contribution in [3.8, 4) is 0 Å². The lowest BCUT2D eigenvalue weighted by Gasteiger charge is -2.21. The average molecular weight is 168 g/mol. The monoisotopic (exact) mass is 168 g/mol. The third-order valence-corrected chi connectivity index (χ3v) is 3.43. The van der Waals surface area contributed by atoms with Crippen LogP contribution in [0.25, 0.3) is 0 Å². The van der Waals surface area contributed by atoms with Crippen molar-refractivity contribution in [3.05, 3.63) is 0 Å². The Morgan fingerprint density at radius 3 is 3.00 bits per heavy atom. The summed E-state index contributed by atoms with van der Waals surface area (Å²) >= 11 is 0. The van der Waals surface area contributed by atoms with Gasteiger partial charge in [0.25, 0.3) is 0 Å². The molecule has 0 radical (unpaired) electrons. The highest BCUT2D eigenvalue weighted by Gasteiger charge is 2.34. The first kappa shape index (κ1) is 8.09. The topological polar surface area (TPSA) is 26.3 Å². The van der Waals surface area contributed by atoms with Crippen LogP contribution >= 0.6 is 0 Å². The van der Waals surface area contributed by atoms with Gasteiger partial charge in [0.1, 0.15) is 0 Å². The summed E-state index contributed by atoms with van der Waals surface area (Å²) in [5.41, 5.74) is 0. The van der Waals surface area contributed by atoms with Crippen molar-refractivity contribution in [2.45, 2.75) is 32.6 Å². The molecule has 2 nitrogen and oxygen atoms in total. The molecule has 0 N–H and O–H groups in total. The standard InChI is InChI=1S/C10H16O2/c1-7-9-3-2-8(6-9)4-5-12-10(7)11/h7-9H,2-6H2,1H3/t7?,8-,9?/m1/s1. The molecule has 0 aromatic rings. The smallest absolute Gasteiger partial charge is 0.308 e. The van der Waals surface area contributed by atoms with Crippen molar-refractivity contribution >= 4 is 5.97 Å². The molecular weight excluding hydrogens is 152 g/mol. The summed E-state index contributed by atoms with van der Waals surface area (Å²) < 4.78 is 5.14. The first-order chi connectivity index (χ1) is 5.77. The highest BCUT2D eigenvalue weighted by Crippen LogP contribution is 2.39. The van der Waals surface area contributed by atoms with E-state index in [-0.39, 0.29) is 11.9 Å². The summed E-state index contributed by atoms with van der Waals surface area (Å²) in [5.74, 6) is 1.63. The van der Waals surface area contributed by atoms with E-state index in [0.29, 0.717) is 12.5 Å². The lowest BCUT2D eigenvalue weighted by atomic mass is 9.90. The maximum atomic E-state index is 11.3. The zero-order chi connectivity index (χ0) is 8.55. The summed E-state index contributed by atoms with van der Waals surface area (Å²) in [4.78, 5) is 11.3. The van der Waals surface area contributed by atoms with E-state index in [0.717, 1.165) is 12.3 Å². The number of carbonyl (C=O) groups is 1. The molecule has 1 heterocycles. The molecule has 0 aromatic carbocycles. The van der Waals surface area contributed by atoms with Crippen LogP contribution in [0, 0.1) is 17.8 Å². The molecule has 2 aliphatic rings. The van der Waals surface area contributed by atoms with E-state index in [9.17, 15) is 4.79 Å². The lowest BCUT2D eigenvalue weighted by Crippen LogP contribution is -2.24. The van der Waals surface area contributed by atoms with E-state index in [1.807, 2.05) is 6.92 Å². The van der Waals surface area contributed by atoms with Gasteiger partial charge in [0.05, 0.1) is 12.5 Å². The molecule has 2 unspecified atom stereocenters. The molecule has 0 aromatic heterocycles. The minimum atomic E-state index is 0.0281. The fourth-order valence-corrected chi connectivity index (χ4v) is 2.48. The van der Waals surface area contributed by atoms with E-state index < -0.39 is 0 Å². The Labute approximate surface area is 73.3 Å². The molecule has 12 heavy (non-hydrogen) atoms. The molecule has 2 heteroatoms. The third-order valence-electron chi connectivity index (χ3n) is 3.43. The third kappa shape index (κ3) is 1.35. The van der Waals surface area contributed by atoms with E-state index in [4.69, 9.17) is 4.74 Å². The van der Waals surface area contributed by atoms with Gasteiger partial charge >= 0.3 is 5.97 Å². The van der Waals surface area contributed by atoms with Gasteiger partial charge in [-0.1, -0.05) is 13.3 Å². The second-order valence-electron chi connectivity index (χ2n) is 4.18. The average Bonchev–Trinajstić information content (AvgIpc) is 2.50. The number of carbonyl (C=O) groups excluding carboxylic acids is 1. The lowest BCUT2D eigenvalue weighted by molar-refractivity contribution is -0.151. The summed E-state index contributed by atoms with van der Waals surface area (Å²) in [5, 5.41) is 0. The van der Waals surface area contributed by atoms with Crippen LogP contribution in [0.2, 0.25) is 0 Å². The van der Waals surface area contributed by atoms with Gasteiger partial charge in [-0.2, -0.15) is 0 Å². The maximum absolute atomic E-state index is 11.3. The first-order valence-corrected chi connectivity index (χ1v) is 4.94. The Morgan fingerprint density at radius 1 is 1.33 bits per heavy atom. The van der Waals surface area contributed by atoms with E-state index >= 15 is 0 Å². The van der Waals surface area contributed by atoms with Gasteiger partial charge < -0.3 is 4.74 Å². The predicted octanol–water partition coefficient (Wildman–Crippen LogP) is 1.99. The van der Waals surface area contributed by atoms with Gasteiger partial charge in [-0.15, -0.1) is 0 Å². The molecule has 2 bridgehead atoms. The molecule has 1 aliphatic heterocycles. The van der Waals surface area contributed by atoms with Gasteiger partial charge in [-0.25, -0.2) is 0 Å².